The van der Waals surface area contributed by atoms with Gasteiger partial charge in [-0.2, -0.15) is 0 Å². The molecule has 0 aliphatic rings. The molecule has 0 aliphatic heterocycles. The summed E-state index contributed by atoms with van der Waals surface area (Å²) < 4.78 is 26.7. The molecule has 6 nitrogen and oxygen atoms in total. The molecule has 2 N–H and O–H groups in total. The Labute approximate surface area is 113 Å². The van der Waals surface area contributed by atoms with Crippen LogP contribution in [-0.2, 0) is 4.74 Å². The molecule has 0 spiro atoms. The first kappa shape index (κ1) is 15.4. The second-order valence-corrected chi connectivity index (χ2v) is 3.73. The average molecular weight is 271 g/mol. The van der Waals surface area contributed by atoms with Crippen molar-refractivity contribution in [1.29, 1.82) is 0 Å². The molecule has 0 aliphatic carbocycles. The highest BCUT2D eigenvalue weighted by molar-refractivity contribution is 5.63. The van der Waals surface area contributed by atoms with Gasteiger partial charge in [-0.25, -0.2) is 0 Å². The van der Waals surface area contributed by atoms with E-state index < -0.39 is 0 Å². The SMILES string of the molecule is COc1cc(C(CN)OC)c(OC)c(OC)c1OC. The van der Waals surface area contributed by atoms with Crippen LogP contribution in [-0.4, -0.2) is 42.1 Å². The first-order chi connectivity index (χ1) is 9.18. The van der Waals surface area contributed by atoms with Gasteiger partial charge in [-0.05, 0) is 6.07 Å². The first-order valence-corrected chi connectivity index (χ1v) is 5.78. The standard InChI is InChI=1S/C13H21NO5/c1-15-9-6-8(10(7-14)16-2)11(17-3)13(19-5)12(9)18-4/h6,10H,7,14H2,1-5H3. The van der Waals surface area contributed by atoms with Crippen molar-refractivity contribution >= 4 is 0 Å². The largest absolute Gasteiger partial charge is 0.493 e. The molecule has 0 bridgehead atoms. The third-order valence-electron chi connectivity index (χ3n) is 2.86. The Balaban J connectivity index is 3.54. The van der Waals surface area contributed by atoms with Crippen LogP contribution in [0.15, 0.2) is 6.07 Å². The molecule has 1 aromatic rings. The lowest BCUT2D eigenvalue weighted by Crippen LogP contribution is -2.16. The third kappa shape index (κ3) is 2.85. The van der Waals surface area contributed by atoms with Gasteiger partial charge in [0.2, 0.25) is 11.5 Å². The van der Waals surface area contributed by atoms with Crippen molar-refractivity contribution in [3.63, 3.8) is 0 Å². The van der Waals surface area contributed by atoms with Crippen LogP contribution in [0.4, 0.5) is 0 Å². The molecular formula is C13H21NO5. The van der Waals surface area contributed by atoms with Crippen molar-refractivity contribution < 1.29 is 23.7 Å². The Morgan fingerprint density at radius 3 is 1.84 bits per heavy atom. The smallest absolute Gasteiger partial charge is 0.207 e. The maximum Gasteiger partial charge on any atom is 0.207 e. The van der Waals surface area contributed by atoms with Crippen molar-refractivity contribution in [3.8, 4) is 23.0 Å². The van der Waals surface area contributed by atoms with Crippen LogP contribution in [0.1, 0.15) is 11.7 Å². The summed E-state index contributed by atoms with van der Waals surface area (Å²) in [5.74, 6) is 1.98. The van der Waals surface area contributed by atoms with E-state index in [-0.39, 0.29) is 6.10 Å². The van der Waals surface area contributed by atoms with Crippen LogP contribution in [0.5, 0.6) is 23.0 Å². The monoisotopic (exact) mass is 271 g/mol. The lowest BCUT2D eigenvalue weighted by atomic mass is 10.1. The van der Waals surface area contributed by atoms with Gasteiger partial charge in [0.1, 0.15) is 0 Å². The van der Waals surface area contributed by atoms with Crippen LogP contribution in [0, 0.1) is 0 Å². The molecular weight excluding hydrogens is 250 g/mol. The van der Waals surface area contributed by atoms with Gasteiger partial charge < -0.3 is 29.4 Å². The molecule has 1 aromatic carbocycles. The second kappa shape index (κ2) is 7.06. The minimum absolute atomic E-state index is 0.311. The normalized spacial score (nSPS) is 11.9. The summed E-state index contributed by atoms with van der Waals surface area (Å²) in [5, 5.41) is 0. The molecule has 6 heteroatoms. The van der Waals surface area contributed by atoms with E-state index in [1.165, 1.54) is 14.2 Å². The summed E-state index contributed by atoms with van der Waals surface area (Å²) in [7, 11) is 7.76. The fraction of sp³-hybridized carbons (Fsp3) is 0.538. The Morgan fingerprint density at radius 1 is 0.895 bits per heavy atom. The van der Waals surface area contributed by atoms with Crippen molar-refractivity contribution in [2.45, 2.75) is 6.10 Å². The van der Waals surface area contributed by atoms with Crippen LogP contribution in [0.2, 0.25) is 0 Å². The van der Waals surface area contributed by atoms with E-state index in [1.54, 1.807) is 27.4 Å². The zero-order valence-corrected chi connectivity index (χ0v) is 12.0. The maximum atomic E-state index is 5.70. The Bertz CT molecular complexity index is 418. The molecule has 19 heavy (non-hydrogen) atoms. The fourth-order valence-electron chi connectivity index (χ4n) is 1.95. The predicted octanol–water partition coefficient (Wildman–Crippen LogP) is 1.37. The van der Waals surface area contributed by atoms with Gasteiger partial charge in [0.05, 0.1) is 34.5 Å². The first-order valence-electron chi connectivity index (χ1n) is 5.78. The highest BCUT2D eigenvalue weighted by Crippen LogP contribution is 2.48. The van der Waals surface area contributed by atoms with Gasteiger partial charge in [-0.1, -0.05) is 0 Å². The van der Waals surface area contributed by atoms with Crippen LogP contribution in [0.25, 0.3) is 0 Å². The topological polar surface area (TPSA) is 72.2 Å². The molecule has 0 fully saturated rings. The van der Waals surface area contributed by atoms with Gasteiger partial charge >= 0.3 is 0 Å². The van der Waals surface area contributed by atoms with E-state index in [9.17, 15) is 0 Å². The van der Waals surface area contributed by atoms with Crippen molar-refractivity contribution in [3.05, 3.63) is 11.6 Å². The van der Waals surface area contributed by atoms with Gasteiger partial charge in [0.15, 0.2) is 11.5 Å². The molecule has 0 saturated heterocycles. The van der Waals surface area contributed by atoms with Crippen LogP contribution >= 0.6 is 0 Å². The van der Waals surface area contributed by atoms with E-state index in [2.05, 4.69) is 0 Å². The second-order valence-electron chi connectivity index (χ2n) is 3.73. The van der Waals surface area contributed by atoms with E-state index in [0.29, 0.717) is 29.5 Å². The highest BCUT2D eigenvalue weighted by Gasteiger charge is 2.25. The molecule has 108 valence electrons. The number of hydrogen-bond donors (Lipinski definition) is 1. The maximum absolute atomic E-state index is 5.70. The molecule has 1 atom stereocenters. The quantitative estimate of drug-likeness (QED) is 0.807. The fourth-order valence-corrected chi connectivity index (χ4v) is 1.95. The van der Waals surface area contributed by atoms with Crippen molar-refractivity contribution in [1.82, 2.24) is 0 Å². The Hall–Kier alpha value is -1.66. The zero-order chi connectivity index (χ0) is 14.4. The predicted molar refractivity (Wildman–Crippen MR) is 71.5 cm³/mol. The lowest BCUT2D eigenvalue weighted by molar-refractivity contribution is 0.107. The molecule has 0 heterocycles. The molecule has 0 aromatic heterocycles. The average Bonchev–Trinajstić information content (AvgIpc) is 2.46. The summed E-state index contributed by atoms with van der Waals surface area (Å²) in [6, 6.07) is 1.78. The van der Waals surface area contributed by atoms with Crippen LogP contribution in [0.3, 0.4) is 0 Å². The molecule has 0 radical (unpaired) electrons. The number of benzene rings is 1. The molecule has 1 rings (SSSR count). The third-order valence-corrected chi connectivity index (χ3v) is 2.86. The van der Waals surface area contributed by atoms with E-state index in [1.807, 2.05) is 0 Å². The minimum Gasteiger partial charge on any atom is -0.493 e. The van der Waals surface area contributed by atoms with E-state index >= 15 is 0 Å². The number of methoxy groups -OCH3 is 5. The van der Waals surface area contributed by atoms with Gasteiger partial charge in [-0.15, -0.1) is 0 Å². The molecule has 1 unspecified atom stereocenters. The van der Waals surface area contributed by atoms with Gasteiger partial charge in [-0.3, -0.25) is 0 Å². The summed E-state index contributed by atoms with van der Waals surface area (Å²) in [5.41, 5.74) is 6.45. The summed E-state index contributed by atoms with van der Waals surface area (Å²) in [6.07, 6.45) is -0.316. The Morgan fingerprint density at radius 2 is 1.47 bits per heavy atom. The van der Waals surface area contributed by atoms with Crippen molar-refractivity contribution in [2.24, 2.45) is 5.73 Å². The summed E-state index contributed by atoms with van der Waals surface area (Å²) in [6.45, 7) is 0.311. The highest BCUT2D eigenvalue weighted by atomic mass is 16.5. The van der Waals surface area contributed by atoms with Crippen LogP contribution < -0.4 is 24.7 Å². The number of ether oxygens (including phenoxy) is 5. The van der Waals surface area contributed by atoms with E-state index in [4.69, 9.17) is 29.4 Å². The van der Waals surface area contributed by atoms with Gasteiger partial charge in [0, 0.05) is 19.2 Å². The zero-order valence-electron chi connectivity index (χ0n) is 12.0. The van der Waals surface area contributed by atoms with Crippen molar-refractivity contribution in [2.75, 3.05) is 42.1 Å². The lowest BCUT2D eigenvalue weighted by Gasteiger charge is -2.22. The number of nitrogens with two attached hydrogens (primary N) is 1. The molecule has 0 amide bonds. The Kier molecular flexibility index (Phi) is 5.72. The summed E-state index contributed by atoms with van der Waals surface area (Å²) in [4.78, 5) is 0. The molecule has 0 saturated carbocycles. The number of hydrogen-bond acceptors (Lipinski definition) is 6. The minimum atomic E-state index is -0.316. The number of rotatable bonds is 7. The van der Waals surface area contributed by atoms with E-state index in [0.717, 1.165) is 5.56 Å². The van der Waals surface area contributed by atoms with Gasteiger partial charge in [0.25, 0.3) is 0 Å². The summed E-state index contributed by atoms with van der Waals surface area (Å²) >= 11 is 0.